The summed E-state index contributed by atoms with van der Waals surface area (Å²) in [6.45, 7) is 6.68. The second-order valence-electron chi connectivity index (χ2n) is 6.70. The summed E-state index contributed by atoms with van der Waals surface area (Å²) in [5.74, 6) is 2.41. The number of carbonyl (C=O) groups is 1. The maximum Gasteiger partial charge on any atom is 0.384 e. The highest BCUT2D eigenvalue weighted by atomic mass is 16.5. The summed E-state index contributed by atoms with van der Waals surface area (Å²) in [6.07, 6.45) is 8.20. The molecule has 0 aromatic heterocycles. The van der Waals surface area contributed by atoms with Crippen molar-refractivity contribution in [1.29, 1.82) is 0 Å². The molecule has 3 atom stereocenters. The molecule has 2 heteroatoms. The highest BCUT2D eigenvalue weighted by Gasteiger charge is 2.41. The van der Waals surface area contributed by atoms with Gasteiger partial charge in [-0.1, -0.05) is 57.5 Å². The van der Waals surface area contributed by atoms with E-state index in [0.29, 0.717) is 11.8 Å². The van der Waals surface area contributed by atoms with Crippen molar-refractivity contribution in [3.63, 3.8) is 0 Å². The smallest absolute Gasteiger partial charge is 0.384 e. The lowest BCUT2D eigenvalue weighted by molar-refractivity contribution is -0.149. The quantitative estimate of drug-likeness (QED) is 0.477. The molecular weight excluding hydrogens is 260 g/mol. The van der Waals surface area contributed by atoms with E-state index in [-0.39, 0.29) is 11.5 Å². The summed E-state index contributed by atoms with van der Waals surface area (Å²) in [5.41, 5.74) is 1.24. The van der Waals surface area contributed by atoms with Gasteiger partial charge >= 0.3 is 5.97 Å². The molecule has 1 aromatic carbocycles. The van der Waals surface area contributed by atoms with Crippen LogP contribution in [0.25, 0.3) is 0 Å². The first kappa shape index (κ1) is 15.6. The minimum atomic E-state index is -0.539. The van der Waals surface area contributed by atoms with Gasteiger partial charge in [0.05, 0.1) is 0 Å². The van der Waals surface area contributed by atoms with Crippen molar-refractivity contribution >= 4 is 5.97 Å². The van der Waals surface area contributed by atoms with Gasteiger partial charge in [-0.2, -0.15) is 0 Å². The fraction of sp³-hybridized carbons (Fsp3) is 0.526. The molecule has 1 fully saturated rings. The van der Waals surface area contributed by atoms with Crippen LogP contribution in [0.3, 0.4) is 0 Å². The van der Waals surface area contributed by atoms with E-state index in [1.165, 1.54) is 12.0 Å². The highest BCUT2D eigenvalue weighted by molar-refractivity contribution is 5.87. The van der Waals surface area contributed by atoms with E-state index in [0.717, 1.165) is 12.8 Å². The molecule has 0 bridgehead atoms. The Morgan fingerprint density at radius 2 is 1.95 bits per heavy atom. The number of terminal acetylenes is 1. The van der Waals surface area contributed by atoms with E-state index in [1.807, 2.05) is 6.07 Å². The average molecular weight is 284 g/mol. The maximum absolute atomic E-state index is 11.5. The second kappa shape index (κ2) is 6.35. The fourth-order valence-corrected chi connectivity index (χ4v) is 3.54. The lowest BCUT2D eigenvalue weighted by Crippen LogP contribution is -2.43. The van der Waals surface area contributed by atoms with Crippen molar-refractivity contribution in [3.05, 3.63) is 35.9 Å². The summed E-state index contributed by atoms with van der Waals surface area (Å²) >= 11 is 0. The molecule has 0 heterocycles. The Morgan fingerprint density at radius 3 is 2.57 bits per heavy atom. The lowest BCUT2D eigenvalue weighted by Gasteiger charge is -2.43. The van der Waals surface area contributed by atoms with E-state index >= 15 is 0 Å². The van der Waals surface area contributed by atoms with Crippen LogP contribution in [-0.4, -0.2) is 12.1 Å². The van der Waals surface area contributed by atoms with Crippen LogP contribution in [0.2, 0.25) is 0 Å². The first-order valence-electron chi connectivity index (χ1n) is 7.68. The molecule has 0 spiro atoms. The molecule has 2 nitrogen and oxygen atoms in total. The molecule has 21 heavy (non-hydrogen) atoms. The Balaban J connectivity index is 2.26. The Morgan fingerprint density at radius 1 is 1.29 bits per heavy atom. The minimum absolute atomic E-state index is 0.0407. The molecule has 1 aliphatic rings. The maximum atomic E-state index is 11.5. The van der Waals surface area contributed by atoms with E-state index in [9.17, 15) is 4.79 Å². The zero-order valence-electron chi connectivity index (χ0n) is 13.1. The minimum Gasteiger partial charge on any atom is -0.452 e. The molecule has 0 N–H and O–H groups in total. The number of rotatable bonds is 3. The number of benzene rings is 1. The monoisotopic (exact) mass is 284 g/mol. The molecule has 0 amide bonds. The van der Waals surface area contributed by atoms with Gasteiger partial charge in [0.2, 0.25) is 0 Å². The zero-order valence-corrected chi connectivity index (χ0v) is 13.1. The lowest BCUT2D eigenvalue weighted by atomic mass is 9.64. The number of hydrogen-bond acceptors (Lipinski definition) is 2. The van der Waals surface area contributed by atoms with Crippen molar-refractivity contribution in [1.82, 2.24) is 0 Å². The van der Waals surface area contributed by atoms with E-state index < -0.39 is 5.97 Å². The van der Waals surface area contributed by atoms with Gasteiger partial charge in [0, 0.05) is 11.8 Å². The molecule has 1 aromatic rings. The van der Waals surface area contributed by atoms with Crippen LogP contribution in [0, 0.1) is 24.2 Å². The molecule has 0 saturated heterocycles. The van der Waals surface area contributed by atoms with E-state index in [2.05, 4.69) is 51.0 Å². The van der Waals surface area contributed by atoms with Gasteiger partial charge < -0.3 is 4.74 Å². The molecular formula is C19H24O2. The SMILES string of the molecule is C#CC(=O)OC1CC(C)CCC1C(C)(C)c1ccccc1. The number of esters is 1. The van der Waals surface area contributed by atoms with Crippen LogP contribution in [0.4, 0.5) is 0 Å². The van der Waals surface area contributed by atoms with Gasteiger partial charge in [-0.25, -0.2) is 4.79 Å². The molecule has 0 radical (unpaired) electrons. The largest absolute Gasteiger partial charge is 0.452 e. The topological polar surface area (TPSA) is 26.3 Å². The third-order valence-electron chi connectivity index (χ3n) is 4.87. The zero-order chi connectivity index (χ0) is 15.5. The normalized spacial score (nSPS) is 25.9. The van der Waals surface area contributed by atoms with Crippen molar-refractivity contribution in [2.24, 2.45) is 11.8 Å². The van der Waals surface area contributed by atoms with Crippen LogP contribution in [0.15, 0.2) is 30.3 Å². The van der Waals surface area contributed by atoms with Crippen molar-refractivity contribution in [2.75, 3.05) is 0 Å². The number of hydrogen-bond donors (Lipinski definition) is 0. The van der Waals surface area contributed by atoms with Crippen molar-refractivity contribution in [3.8, 4) is 12.3 Å². The van der Waals surface area contributed by atoms with Crippen LogP contribution < -0.4 is 0 Å². The van der Waals surface area contributed by atoms with Gasteiger partial charge in [0.25, 0.3) is 0 Å². The average Bonchev–Trinajstić information content (AvgIpc) is 2.48. The summed E-state index contributed by atoms with van der Waals surface area (Å²) in [6, 6.07) is 10.4. The predicted molar refractivity (Wildman–Crippen MR) is 84.7 cm³/mol. The Bertz CT molecular complexity index is 524. The fourth-order valence-electron chi connectivity index (χ4n) is 3.54. The second-order valence-corrected chi connectivity index (χ2v) is 6.70. The summed E-state index contributed by atoms with van der Waals surface area (Å²) < 4.78 is 5.56. The Labute approximate surface area is 127 Å². The summed E-state index contributed by atoms with van der Waals surface area (Å²) in [4.78, 5) is 11.5. The van der Waals surface area contributed by atoms with E-state index in [4.69, 9.17) is 11.2 Å². The Kier molecular flexibility index (Phi) is 4.73. The molecule has 1 aliphatic carbocycles. The molecule has 112 valence electrons. The predicted octanol–water partition coefficient (Wildman–Crippen LogP) is 3.95. The van der Waals surface area contributed by atoms with Gasteiger partial charge in [-0.05, 0) is 29.7 Å². The van der Waals surface area contributed by atoms with Gasteiger partial charge in [-0.3, -0.25) is 0 Å². The van der Waals surface area contributed by atoms with Gasteiger partial charge in [0.15, 0.2) is 0 Å². The van der Waals surface area contributed by atoms with Crippen LogP contribution in [0.5, 0.6) is 0 Å². The molecule has 0 aliphatic heterocycles. The van der Waals surface area contributed by atoms with E-state index in [1.54, 1.807) is 0 Å². The summed E-state index contributed by atoms with van der Waals surface area (Å²) in [7, 11) is 0. The number of carbonyl (C=O) groups excluding carboxylic acids is 1. The molecule has 2 rings (SSSR count). The van der Waals surface area contributed by atoms with Gasteiger partial charge in [-0.15, -0.1) is 6.42 Å². The molecule has 1 saturated carbocycles. The van der Waals surface area contributed by atoms with Crippen molar-refractivity contribution in [2.45, 2.75) is 51.6 Å². The van der Waals surface area contributed by atoms with Crippen LogP contribution in [0.1, 0.15) is 45.6 Å². The van der Waals surface area contributed by atoms with Crippen LogP contribution >= 0.6 is 0 Å². The molecule has 3 unspecified atom stereocenters. The number of ether oxygens (including phenoxy) is 1. The third-order valence-corrected chi connectivity index (χ3v) is 4.87. The standard InChI is InChI=1S/C19H24O2/c1-5-18(20)21-17-13-14(2)11-12-16(17)19(3,4)15-9-7-6-8-10-15/h1,6-10,14,16-17H,11-13H2,2-4H3. The van der Waals surface area contributed by atoms with Crippen molar-refractivity contribution < 1.29 is 9.53 Å². The first-order valence-corrected chi connectivity index (χ1v) is 7.68. The van der Waals surface area contributed by atoms with Gasteiger partial charge in [0.1, 0.15) is 6.10 Å². The summed E-state index contributed by atoms with van der Waals surface area (Å²) in [5, 5.41) is 0. The third kappa shape index (κ3) is 3.47. The van der Waals surface area contributed by atoms with Crippen LogP contribution in [-0.2, 0) is 14.9 Å². The first-order chi connectivity index (χ1) is 9.95. The Hall–Kier alpha value is -1.75. The highest BCUT2D eigenvalue weighted by Crippen LogP contribution is 2.43.